The van der Waals surface area contributed by atoms with Gasteiger partial charge in [0.25, 0.3) is 0 Å². The van der Waals surface area contributed by atoms with Crippen molar-refractivity contribution in [2.45, 2.75) is 26.4 Å². The zero-order valence-electron chi connectivity index (χ0n) is 14.9. The standard InChI is InChI=1S/C18H22FN3O3/c1-11-18(23)21(3)7-8-22(11)10-15-12(2)25-17(20-15)13-5-6-14(19)16(9-13)24-4/h5-6,9,11H,7-8,10H2,1-4H3/t11-/m0/s1. The largest absolute Gasteiger partial charge is 0.494 e. The number of oxazole rings is 1. The zero-order valence-corrected chi connectivity index (χ0v) is 14.9. The maximum atomic E-state index is 13.6. The van der Waals surface area contributed by atoms with Crippen molar-refractivity contribution < 1.29 is 18.3 Å². The molecule has 0 radical (unpaired) electrons. The molecule has 25 heavy (non-hydrogen) atoms. The topological polar surface area (TPSA) is 58.8 Å². The molecule has 0 spiro atoms. The number of rotatable bonds is 4. The third-order valence-electron chi connectivity index (χ3n) is 4.65. The fourth-order valence-corrected chi connectivity index (χ4v) is 2.96. The first kappa shape index (κ1) is 17.4. The minimum absolute atomic E-state index is 0.107. The van der Waals surface area contributed by atoms with Crippen LogP contribution in [0.5, 0.6) is 5.75 Å². The van der Waals surface area contributed by atoms with Crippen molar-refractivity contribution in [2.75, 3.05) is 27.2 Å². The number of ether oxygens (including phenoxy) is 1. The van der Waals surface area contributed by atoms with E-state index in [0.717, 1.165) is 12.2 Å². The van der Waals surface area contributed by atoms with Crippen LogP contribution in [-0.4, -0.2) is 54.0 Å². The summed E-state index contributed by atoms with van der Waals surface area (Å²) >= 11 is 0. The number of nitrogens with zero attached hydrogens (tertiary/aromatic N) is 3. The van der Waals surface area contributed by atoms with Crippen LogP contribution >= 0.6 is 0 Å². The lowest BCUT2D eigenvalue weighted by atomic mass is 10.1. The molecule has 1 aliphatic heterocycles. The maximum Gasteiger partial charge on any atom is 0.239 e. The van der Waals surface area contributed by atoms with Crippen LogP contribution in [0.2, 0.25) is 0 Å². The molecule has 7 heteroatoms. The normalized spacial score (nSPS) is 18.7. The van der Waals surface area contributed by atoms with E-state index in [1.54, 1.807) is 17.0 Å². The number of benzene rings is 1. The molecule has 1 aliphatic rings. The molecule has 0 unspecified atom stereocenters. The smallest absolute Gasteiger partial charge is 0.239 e. The van der Waals surface area contributed by atoms with E-state index in [-0.39, 0.29) is 17.7 Å². The lowest BCUT2D eigenvalue weighted by Gasteiger charge is -2.36. The molecule has 1 atom stereocenters. The molecule has 1 aromatic carbocycles. The van der Waals surface area contributed by atoms with Gasteiger partial charge in [-0.15, -0.1) is 0 Å². The van der Waals surface area contributed by atoms with E-state index < -0.39 is 5.82 Å². The van der Waals surface area contributed by atoms with Gasteiger partial charge in [-0.25, -0.2) is 9.37 Å². The van der Waals surface area contributed by atoms with Crippen molar-refractivity contribution in [3.63, 3.8) is 0 Å². The van der Waals surface area contributed by atoms with Crippen molar-refractivity contribution in [1.29, 1.82) is 0 Å². The number of piperazine rings is 1. The van der Waals surface area contributed by atoms with Crippen LogP contribution in [0, 0.1) is 12.7 Å². The Balaban J connectivity index is 1.82. The van der Waals surface area contributed by atoms with Crippen molar-refractivity contribution in [2.24, 2.45) is 0 Å². The first-order valence-corrected chi connectivity index (χ1v) is 8.20. The molecule has 3 rings (SSSR count). The summed E-state index contributed by atoms with van der Waals surface area (Å²) in [7, 11) is 3.23. The summed E-state index contributed by atoms with van der Waals surface area (Å²) in [5.74, 6) is 0.930. The second kappa shape index (κ2) is 6.84. The Labute approximate surface area is 146 Å². The highest BCUT2D eigenvalue weighted by Crippen LogP contribution is 2.28. The molecule has 6 nitrogen and oxygen atoms in total. The SMILES string of the molecule is COc1cc(-c2nc(CN3CCN(C)C(=O)[C@@H]3C)c(C)o2)ccc1F. The monoisotopic (exact) mass is 347 g/mol. The van der Waals surface area contributed by atoms with Gasteiger partial charge in [-0.05, 0) is 32.0 Å². The molecule has 1 aromatic heterocycles. The third kappa shape index (κ3) is 3.37. The average molecular weight is 347 g/mol. The van der Waals surface area contributed by atoms with Crippen molar-refractivity contribution in [3.8, 4) is 17.2 Å². The predicted molar refractivity (Wildman–Crippen MR) is 90.7 cm³/mol. The van der Waals surface area contributed by atoms with Crippen LogP contribution in [0.25, 0.3) is 11.5 Å². The van der Waals surface area contributed by atoms with Gasteiger partial charge in [0.1, 0.15) is 5.76 Å². The fourth-order valence-electron chi connectivity index (χ4n) is 2.96. The number of likely N-dealkylation sites (N-methyl/N-ethyl adjacent to an activating group) is 1. The highest BCUT2D eigenvalue weighted by Gasteiger charge is 2.30. The van der Waals surface area contributed by atoms with E-state index in [0.29, 0.717) is 30.3 Å². The Bertz CT molecular complexity index is 790. The fraction of sp³-hybridized carbons (Fsp3) is 0.444. The van der Waals surface area contributed by atoms with Crippen molar-refractivity contribution in [3.05, 3.63) is 35.5 Å². The molecule has 2 heterocycles. The number of hydrogen-bond acceptors (Lipinski definition) is 5. The van der Waals surface area contributed by atoms with Crippen LogP contribution in [-0.2, 0) is 11.3 Å². The van der Waals surface area contributed by atoms with Crippen molar-refractivity contribution >= 4 is 5.91 Å². The van der Waals surface area contributed by atoms with E-state index >= 15 is 0 Å². The van der Waals surface area contributed by atoms with E-state index in [1.807, 2.05) is 20.9 Å². The quantitative estimate of drug-likeness (QED) is 0.850. The summed E-state index contributed by atoms with van der Waals surface area (Å²) in [4.78, 5) is 20.5. The van der Waals surface area contributed by atoms with Crippen LogP contribution < -0.4 is 4.74 Å². The van der Waals surface area contributed by atoms with Gasteiger partial charge in [-0.2, -0.15) is 0 Å². The molecule has 134 valence electrons. The molecule has 0 N–H and O–H groups in total. The number of aromatic nitrogens is 1. The van der Waals surface area contributed by atoms with Crippen LogP contribution in [0.1, 0.15) is 18.4 Å². The highest BCUT2D eigenvalue weighted by atomic mass is 19.1. The van der Waals surface area contributed by atoms with Gasteiger partial charge in [0.15, 0.2) is 11.6 Å². The van der Waals surface area contributed by atoms with E-state index in [9.17, 15) is 9.18 Å². The predicted octanol–water partition coefficient (Wildman–Crippen LogP) is 2.46. The Morgan fingerprint density at radius 1 is 1.40 bits per heavy atom. The van der Waals surface area contributed by atoms with E-state index in [4.69, 9.17) is 9.15 Å². The number of hydrogen-bond donors (Lipinski definition) is 0. The lowest BCUT2D eigenvalue weighted by molar-refractivity contribution is -0.139. The van der Waals surface area contributed by atoms with Gasteiger partial charge >= 0.3 is 0 Å². The van der Waals surface area contributed by atoms with Gasteiger partial charge in [-0.3, -0.25) is 9.69 Å². The summed E-state index contributed by atoms with van der Waals surface area (Å²) in [5.41, 5.74) is 1.43. The Morgan fingerprint density at radius 3 is 2.88 bits per heavy atom. The molecular weight excluding hydrogens is 325 g/mol. The molecule has 0 saturated carbocycles. The number of methoxy groups -OCH3 is 1. The second-order valence-electron chi connectivity index (χ2n) is 6.28. The average Bonchev–Trinajstić information content (AvgIpc) is 2.96. The number of amides is 1. The summed E-state index contributed by atoms with van der Waals surface area (Å²) < 4.78 is 24.3. The van der Waals surface area contributed by atoms with E-state index in [2.05, 4.69) is 9.88 Å². The van der Waals surface area contributed by atoms with Crippen molar-refractivity contribution in [1.82, 2.24) is 14.8 Å². The van der Waals surface area contributed by atoms with Crippen LogP contribution in [0.3, 0.4) is 0 Å². The first-order chi connectivity index (χ1) is 11.9. The molecule has 1 amide bonds. The molecule has 1 saturated heterocycles. The molecule has 0 aliphatic carbocycles. The number of halogens is 1. The van der Waals surface area contributed by atoms with E-state index in [1.165, 1.54) is 13.2 Å². The van der Waals surface area contributed by atoms with Crippen LogP contribution in [0.15, 0.2) is 22.6 Å². The summed E-state index contributed by atoms with van der Waals surface area (Å²) in [6.07, 6.45) is 0. The van der Waals surface area contributed by atoms with Crippen LogP contribution in [0.4, 0.5) is 4.39 Å². The Kier molecular flexibility index (Phi) is 4.76. The molecule has 1 fully saturated rings. The summed E-state index contributed by atoms with van der Waals surface area (Å²) in [6.45, 7) is 5.76. The number of aryl methyl sites for hydroxylation is 1. The van der Waals surface area contributed by atoms with Gasteiger partial charge < -0.3 is 14.1 Å². The zero-order chi connectivity index (χ0) is 18.1. The highest BCUT2D eigenvalue weighted by molar-refractivity contribution is 5.81. The summed E-state index contributed by atoms with van der Waals surface area (Å²) in [5, 5.41) is 0. The Hall–Kier alpha value is -2.41. The first-order valence-electron chi connectivity index (χ1n) is 8.20. The van der Waals surface area contributed by atoms with Gasteiger partial charge in [0, 0.05) is 32.2 Å². The lowest BCUT2D eigenvalue weighted by Crippen LogP contribution is -2.53. The van der Waals surface area contributed by atoms with Gasteiger partial charge in [0.2, 0.25) is 11.8 Å². The minimum Gasteiger partial charge on any atom is -0.494 e. The molecular formula is C18H22FN3O3. The Morgan fingerprint density at radius 2 is 2.16 bits per heavy atom. The second-order valence-corrected chi connectivity index (χ2v) is 6.28. The third-order valence-corrected chi connectivity index (χ3v) is 4.65. The number of carbonyl (C=O) groups excluding carboxylic acids is 1. The minimum atomic E-state index is -0.431. The van der Waals surface area contributed by atoms with Gasteiger partial charge in [0.05, 0.1) is 18.8 Å². The number of carbonyl (C=O) groups is 1. The maximum absolute atomic E-state index is 13.6. The van der Waals surface area contributed by atoms with Gasteiger partial charge in [-0.1, -0.05) is 0 Å². The molecule has 2 aromatic rings. The molecule has 0 bridgehead atoms. The summed E-state index contributed by atoms with van der Waals surface area (Å²) in [6, 6.07) is 4.31.